The van der Waals surface area contributed by atoms with Gasteiger partial charge in [0.25, 0.3) is 11.6 Å². The van der Waals surface area contributed by atoms with E-state index in [2.05, 4.69) is 32.0 Å². The molecule has 0 atom stereocenters. The van der Waals surface area contributed by atoms with Crippen molar-refractivity contribution < 1.29 is 14.1 Å². The lowest BCUT2D eigenvalue weighted by atomic mass is 10.0. The molecule has 0 saturated heterocycles. The van der Waals surface area contributed by atoms with E-state index in [0.717, 1.165) is 10.4 Å². The molecule has 0 radical (unpaired) electrons. The van der Waals surface area contributed by atoms with Gasteiger partial charge in [-0.15, -0.1) is 10.2 Å². The molecule has 174 valence electrons. The number of hydrogen-bond donors (Lipinski definition) is 1. The first kappa shape index (κ1) is 23.0. The van der Waals surface area contributed by atoms with Gasteiger partial charge in [-0.25, -0.2) is 5.43 Å². The Morgan fingerprint density at radius 1 is 1.23 bits per heavy atom. The Morgan fingerprint density at radius 2 is 2.03 bits per heavy atom. The normalized spacial score (nSPS) is 10.9. The van der Waals surface area contributed by atoms with Gasteiger partial charge < -0.3 is 4.42 Å². The smallest absolute Gasteiger partial charge is 0.272 e. The zero-order valence-corrected chi connectivity index (χ0v) is 18.7. The first-order valence-corrected chi connectivity index (χ1v) is 10.3. The van der Waals surface area contributed by atoms with Gasteiger partial charge in [0.15, 0.2) is 0 Å². The Hall–Kier alpha value is -5.18. The van der Waals surface area contributed by atoms with Crippen molar-refractivity contribution in [2.24, 2.45) is 5.10 Å². The maximum absolute atomic E-state index is 12.2. The molecule has 0 unspecified atom stereocenters. The van der Waals surface area contributed by atoms with E-state index in [1.165, 1.54) is 12.3 Å². The molecule has 1 amide bonds. The number of aryl methyl sites for hydroxylation is 2. The number of hydrogen-bond acceptors (Lipinski definition) is 9. The number of nitro groups is 1. The fraction of sp³-hybridized carbons (Fsp3) is 0.130. The summed E-state index contributed by atoms with van der Waals surface area (Å²) in [6.07, 6.45) is 1.33. The second-order valence-corrected chi connectivity index (χ2v) is 7.51. The van der Waals surface area contributed by atoms with Crippen molar-refractivity contribution in [3.63, 3.8) is 0 Å². The predicted molar refractivity (Wildman–Crippen MR) is 124 cm³/mol. The summed E-state index contributed by atoms with van der Waals surface area (Å²) in [4.78, 5) is 24.0. The lowest BCUT2D eigenvalue weighted by Crippen LogP contribution is -2.24. The summed E-state index contributed by atoms with van der Waals surface area (Å²) in [5.74, 6) is 0.640. The molecule has 2 aromatic heterocycles. The number of nitro benzene ring substituents is 1. The number of hydrazone groups is 1. The Bertz CT molecular complexity index is 1500. The van der Waals surface area contributed by atoms with Crippen LogP contribution in [0.5, 0.6) is 0 Å². The van der Waals surface area contributed by atoms with Crippen LogP contribution in [0.1, 0.15) is 22.5 Å². The van der Waals surface area contributed by atoms with Crippen LogP contribution >= 0.6 is 0 Å². The number of carbonyl (C=O) groups excluding carboxylic acids is 1. The van der Waals surface area contributed by atoms with Crippen molar-refractivity contribution in [1.29, 1.82) is 5.26 Å². The first-order valence-electron chi connectivity index (χ1n) is 10.3. The van der Waals surface area contributed by atoms with Crippen LogP contribution in [-0.2, 0) is 11.3 Å². The molecule has 0 fully saturated rings. The Kier molecular flexibility index (Phi) is 6.41. The summed E-state index contributed by atoms with van der Waals surface area (Å²) in [5, 5.41) is 36.1. The number of tetrazole rings is 1. The van der Waals surface area contributed by atoms with Gasteiger partial charge in [-0.2, -0.15) is 15.2 Å². The van der Waals surface area contributed by atoms with Crippen LogP contribution in [0.4, 0.5) is 5.69 Å². The van der Waals surface area contributed by atoms with Gasteiger partial charge in [-0.3, -0.25) is 14.9 Å². The maximum atomic E-state index is 12.2. The minimum absolute atomic E-state index is 0.0468. The van der Waals surface area contributed by atoms with Gasteiger partial charge in [0, 0.05) is 22.8 Å². The van der Waals surface area contributed by atoms with Gasteiger partial charge in [-0.05, 0) is 55.0 Å². The lowest BCUT2D eigenvalue weighted by Gasteiger charge is -2.05. The second kappa shape index (κ2) is 9.75. The van der Waals surface area contributed by atoms with E-state index in [0.29, 0.717) is 33.8 Å². The van der Waals surface area contributed by atoms with Crippen molar-refractivity contribution in [1.82, 2.24) is 25.6 Å². The van der Waals surface area contributed by atoms with E-state index in [1.54, 1.807) is 56.3 Å². The van der Waals surface area contributed by atoms with E-state index in [4.69, 9.17) is 4.42 Å². The first-order chi connectivity index (χ1) is 16.9. The zero-order chi connectivity index (χ0) is 24.9. The molecule has 2 heterocycles. The average Bonchev–Trinajstić information content (AvgIpc) is 3.50. The molecule has 4 aromatic rings. The fourth-order valence-electron chi connectivity index (χ4n) is 3.36. The molecule has 0 saturated carbocycles. The molecule has 12 nitrogen and oxygen atoms in total. The summed E-state index contributed by atoms with van der Waals surface area (Å²) in [5.41, 5.74) is 5.27. The van der Waals surface area contributed by atoms with Crippen LogP contribution < -0.4 is 5.43 Å². The number of amides is 1. The van der Waals surface area contributed by atoms with Gasteiger partial charge in [0.2, 0.25) is 5.82 Å². The monoisotopic (exact) mass is 470 g/mol. The molecule has 0 aliphatic carbocycles. The van der Waals surface area contributed by atoms with Crippen LogP contribution in [0, 0.1) is 35.3 Å². The molecular formula is C23H18N8O4. The minimum atomic E-state index is -0.493. The number of rotatable bonds is 7. The maximum Gasteiger partial charge on any atom is 0.272 e. The van der Waals surface area contributed by atoms with Crippen molar-refractivity contribution in [3.8, 4) is 28.8 Å². The molecular weight excluding hydrogens is 452 g/mol. The van der Waals surface area contributed by atoms with Crippen molar-refractivity contribution >= 4 is 17.8 Å². The van der Waals surface area contributed by atoms with Gasteiger partial charge >= 0.3 is 0 Å². The van der Waals surface area contributed by atoms with E-state index >= 15 is 0 Å². The Labute approximate surface area is 198 Å². The third-order valence-electron chi connectivity index (χ3n) is 5.04. The highest BCUT2D eigenvalue weighted by Crippen LogP contribution is 2.31. The van der Waals surface area contributed by atoms with Crippen LogP contribution in [-0.4, -0.2) is 37.3 Å². The van der Waals surface area contributed by atoms with Crippen LogP contribution in [0.25, 0.3) is 22.7 Å². The van der Waals surface area contributed by atoms with Crippen molar-refractivity contribution in [3.05, 3.63) is 81.1 Å². The number of benzene rings is 2. The topological polar surface area (TPSA) is 165 Å². The summed E-state index contributed by atoms with van der Waals surface area (Å²) in [6, 6.07) is 15.5. The summed E-state index contributed by atoms with van der Waals surface area (Å²) < 4.78 is 5.74. The van der Waals surface area contributed by atoms with Crippen molar-refractivity contribution in [2.45, 2.75) is 20.4 Å². The van der Waals surface area contributed by atoms with Gasteiger partial charge in [0.1, 0.15) is 18.1 Å². The molecule has 1 N–H and O–H groups in total. The molecule has 4 rings (SSSR count). The number of nitriles is 1. The van der Waals surface area contributed by atoms with Crippen LogP contribution in [0.3, 0.4) is 0 Å². The summed E-state index contributed by atoms with van der Waals surface area (Å²) >= 11 is 0. The molecule has 12 heteroatoms. The highest BCUT2D eigenvalue weighted by molar-refractivity contribution is 5.81. The summed E-state index contributed by atoms with van der Waals surface area (Å²) in [6.45, 7) is 3.20. The molecule has 35 heavy (non-hydrogen) atoms. The van der Waals surface area contributed by atoms with Crippen LogP contribution in [0.15, 0.2) is 58.0 Å². The van der Waals surface area contributed by atoms with Crippen molar-refractivity contribution in [2.75, 3.05) is 0 Å². The quantitative estimate of drug-likeness (QED) is 0.244. The highest BCUT2D eigenvalue weighted by atomic mass is 16.6. The van der Waals surface area contributed by atoms with E-state index in [-0.39, 0.29) is 18.1 Å². The number of furan rings is 1. The summed E-state index contributed by atoms with van der Waals surface area (Å²) in [7, 11) is 0. The molecule has 0 spiro atoms. The number of aromatic nitrogens is 4. The van der Waals surface area contributed by atoms with E-state index < -0.39 is 10.8 Å². The third-order valence-corrected chi connectivity index (χ3v) is 5.04. The number of carbonyl (C=O) groups is 1. The highest BCUT2D eigenvalue weighted by Gasteiger charge is 2.16. The lowest BCUT2D eigenvalue weighted by molar-refractivity contribution is -0.385. The molecule has 2 aromatic carbocycles. The SMILES string of the molecule is Cc1cc([N+](=O)[O-])c(C)cc1-c1ccc(C=NNC(=O)Cn2nnc(-c3ccccc3C#N)n2)o1. The Morgan fingerprint density at radius 3 is 2.80 bits per heavy atom. The Balaban J connectivity index is 1.38. The van der Waals surface area contributed by atoms with Gasteiger partial charge in [-0.1, -0.05) is 12.1 Å². The van der Waals surface area contributed by atoms with Crippen LogP contribution in [0.2, 0.25) is 0 Å². The van der Waals surface area contributed by atoms with E-state index in [1.807, 2.05) is 0 Å². The standard InChI is InChI=1S/C23H18N8O4/c1-14-10-20(31(33)34)15(2)9-19(14)21-8-7-17(35-21)12-25-26-22(32)13-30-28-23(27-29-30)18-6-4-3-5-16(18)11-24/h3-10,12H,13H2,1-2H3,(H,26,32). The molecule has 0 bridgehead atoms. The molecule has 0 aliphatic heterocycles. The number of nitrogens with zero attached hydrogens (tertiary/aromatic N) is 7. The largest absolute Gasteiger partial charge is 0.455 e. The molecule has 0 aliphatic rings. The van der Waals surface area contributed by atoms with Gasteiger partial charge in [0.05, 0.1) is 22.8 Å². The fourth-order valence-corrected chi connectivity index (χ4v) is 3.36. The minimum Gasteiger partial charge on any atom is -0.455 e. The second-order valence-electron chi connectivity index (χ2n) is 7.51. The third kappa shape index (κ3) is 5.09. The predicted octanol–water partition coefficient (Wildman–Crippen LogP) is 3.15. The zero-order valence-electron chi connectivity index (χ0n) is 18.7. The number of nitrogens with one attached hydrogen (secondary N) is 1. The average molecular weight is 470 g/mol. The van der Waals surface area contributed by atoms with E-state index in [9.17, 15) is 20.2 Å².